The van der Waals surface area contributed by atoms with Gasteiger partial charge < -0.3 is 25.2 Å². The molecule has 0 bridgehead atoms. The van der Waals surface area contributed by atoms with Crippen LogP contribution in [0.1, 0.15) is 168 Å². The molecular weight excluding hydrogens is 709 g/mol. The molecule has 0 aromatic heterocycles. The standard InChI is InChI=1S/C42H74NO10P/c1-3-5-7-9-11-13-15-17-19-21-23-25-27-29-31-33-40(44)50-35-38(36-51-54(48,49)52-37-39(43)42(46)47)53-41(45)34-32-30-28-26-24-22-20-18-16-14-12-10-8-6-4-2/h27-34,38-39H,3-26,35-37,43H2,1-2H3,(H,46,47)(H,48,49)/t38-,39+/m1/s1. The molecule has 54 heavy (non-hydrogen) atoms. The quantitative estimate of drug-likeness (QED) is 0.0179. The van der Waals surface area contributed by atoms with Gasteiger partial charge in [0.25, 0.3) is 0 Å². The van der Waals surface area contributed by atoms with Gasteiger partial charge in [0, 0.05) is 12.2 Å². The average Bonchev–Trinajstić information content (AvgIpc) is 3.14. The molecule has 0 saturated heterocycles. The number of carbonyl (C=O) groups excluding carboxylic acids is 2. The molecule has 0 amide bonds. The smallest absolute Gasteiger partial charge is 0.472 e. The molecule has 0 fully saturated rings. The van der Waals surface area contributed by atoms with Gasteiger partial charge in [0.05, 0.1) is 13.2 Å². The number of phosphoric acid groups is 1. The third-order valence-electron chi connectivity index (χ3n) is 8.76. The molecule has 4 N–H and O–H groups in total. The van der Waals surface area contributed by atoms with Crippen molar-refractivity contribution in [1.29, 1.82) is 0 Å². The largest absolute Gasteiger partial charge is 0.480 e. The number of aliphatic carboxylic acids is 1. The molecule has 0 radical (unpaired) electrons. The highest BCUT2D eigenvalue weighted by Crippen LogP contribution is 2.43. The lowest BCUT2D eigenvalue weighted by atomic mass is 10.1. The van der Waals surface area contributed by atoms with Crippen molar-refractivity contribution < 1.29 is 47.5 Å². The molecule has 3 atom stereocenters. The number of carboxylic acid groups (broad SMARTS) is 1. The molecule has 0 aromatic carbocycles. The number of carboxylic acids is 1. The molecular formula is C42H74NO10P. The van der Waals surface area contributed by atoms with Crippen molar-refractivity contribution in [1.82, 2.24) is 0 Å². The summed E-state index contributed by atoms with van der Waals surface area (Å²) >= 11 is 0. The van der Waals surface area contributed by atoms with Crippen LogP contribution in [0.2, 0.25) is 0 Å². The van der Waals surface area contributed by atoms with E-state index in [0.29, 0.717) is 0 Å². The zero-order valence-electron chi connectivity index (χ0n) is 33.6. The van der Waals surface area contributed by atoms with Crippen LogP contribution in [0.4, 0.5) is 0 Å². The van der Waals surface area contributed by atoms with Gasteiger partial charge in [-0.05, 0) is 25.7 Å². The first kappa shape index (κ1) is 51.4. The molecule has 0 spiro atoms. The van der Waals surface area contributed by atoms with Crippen LogP contribution < -0.4 is 5.73 Å². The van der Waals surface area contributed by atoms with Crippen LogP contribution in [0.3, 0.4) is 0 Å². The van der Waals surface area contributed by atoms with Crippen LogP contribution in [-0.2, 0) is 37.5 Å². The van der Waals surface area contributed by atoms with E-state index in [1.165, 1.54) is 140 Å². The molecule has 312 valence electrons. The fourth-order valence-corrected chi connectivity index (χ4v) is 6.25. The fraction of sp³-hybridized carbons (Fsp3) is 0.738. The number of ether oxygens (including phenoxy) is 2. The van der Waals surface area contributed by atoms with Gasteiger partial charge in [0.1, 0.15) is 12.6 Å². The number of hydrogen-bond donors (Lipinski definition) is 3. The molecule has 0 aliphatic rings. The molecule has 0 aromatic rings. The van der Waals surface area contributed by atoms with Crippen molar-refractivity contribution in [3.63, 3.8) is 0 Å². The Labute approximate surface area is 326 Å². The minimum absolute atomic E-state index is 0.464. The summed E-state index contributed by atoms with van der Waals surface area (Å²) in [5.41, 5.74) is 5.31. The van der Waals surface area contributed by atoms with E-state index in [4.69, 9.17) is 24.8 Å². The van der Waals surface area contributed by atoms with E-state index in [-0.39, 0.29) is 0 Å². The third kappa shape index (κ3) is 36.4. The summed E-state index contributed by atoms with van der Waals surface area (Å²) in [5.74, 6) is -2.90. The molecule has 12 heteroatoms. The van der Waals surface area contributed by atoms with Crippen molar-refractivity contribution in [2.45, 2.75) is 180 Å². The van der Waals surface area contributed by atoms with Crippen LogP contribution in [0.15, 0.2) is 48.6 Å². The molecule has 0 rings (SSSR count). The predicted octanol–water partition coefficient (Wildman–Crippen LogP) is 10.6. The van der Waals surface area contributed by atoms with Gasteiger partial charge in [-0.3, -0.25) is 13.8 Å². The zero-order chi connectivity index (χ0) is 40.0. The van der Waals surface area contributed by atoms with Crippen molar-refractivity contribution in [3.05, 3.63) is 48.6 Å². The number of allylic oxidation sites excluding steroid dienone is 6. The highest BCUT2D eigenvalue weighted by Gasteiger charge is 2.27. The highest BCUT2D eigenvalue weighted by molar-refractivity contribution is 7.47. The number of esters is 2. The number of hydrogen-bond acceptors (Lipinski definition) is 9. The third-order valence-corrected chi connectivity index (χ3v) is 9.71. The first-order chi connectivity index (χ1) is 26.1. The Morgan fingerprint density at radius 2 is 0.963 bits per heavy atom. The van der Waals surface area contributed by atoms with E-state index in [0.717, 1.165) is 32.1 Å². The summed E-state index contributed by atoms with van der Waals surface area (Å²) in [6, 6.07) is -1.54. The van der Waals surface area contributed by atoms with E-state index in [9.17, 15) is 23.8 Å². The number of phosphoric ester groups is 1. The first-order valence-corrected chi connectivity index (χ1v) is 22.2. The van der Waals surface area contributed by atoms with Gasteiger partial charge >= 0.3 is 25.7 Å². The Kier molecular flexibility index (Phi) is 35.6. The van der Waals surface area contributed by atoms with E-state index >= 15 is 0 Å². The van der Waals surface area contributed by atoms with Crippen LogP contribution >= 0.6 is 7.82 Å². The second kappa shape index (κ2) is 37.4. The van der Waals surface area contributed by atoms with Crippen molar-refractivity contribution in [2.75, 3.05) is 19.8 Å². The predicted molar refractivity (Wildman–Crippen MR) is 217 cm³/mol. The van der Waals surface area contributed by atoms with Crippen molar-refractivity contribution >= 4 is 25.7 Å². The Hall–Kier alpha value is -2.56. The van der Waals surface area contributed by atoms with E-state index in [2.05, 4.69) is 18.4 Å². The Bertz CT molecular complexity index is 1110. The lowest BCUT2D eigenvalue weighted by Gasteiger charge is -2.19. The minimum Gasteiger partial charge on any atom is -0.480 e. The summed E-state index contributed by atoms with van der Waals surface area (Å²) in [6.45, 7) is 2.56. The van der Waals surface area contributed by atoms with Crippen LogP contribution in [-0.4, -0.2) is 59.9 Å². The summed E-state index contributed by atoms with van der Waals surface area (Å²) in [6.07, 6.45) is 41.6. The molecule has 11 nitrogen and oxygen atoms in total. The SMILES string of the molecule is CCCCCCCCCCCCCC=CC=CC(=O)OC[C@H](COP(=O)(O)OC[C@H](N)C(=O)O)OC(=O)C=CC=CCCCCCCCCCCCCC. The average molecular weight is 784 g/mol. The van der Waals surface area contributed by atoms with Gasteiger partial charge in [-0.2, -0.15) is 0 Å². The van der Waals surface area contributed by atoms with Crippen LogP contribution in [0.5, 0.6) is 0 Å². The van der Waals surface area contributed by atoms with Gasteiger partial charge in [-0.15, -0.1) is 0 Å². The van der Waals surface area contributed by atoms with Crippen molar-refractivity contribution in [2.24, 2.45) is 5.73 Å². The maximum absolute atomic E-state index is 12.5. The van der Waals surface area contributed by atoms with Crippen molar-refractivity contribution in [3.8, 4) is 0 Å². The molecule has 0 aliphatic carbocycles. The van der Waals surface area contributed by atoms with E-state index < -0.39 is 57.7 Å². The summed E-state index contributed by atoms with van der Waals surface area (Å²) < 4.78 is 32.2. The van der Waals surface area contributed by atoms with Crippen LogP contribution in [0, 0.1) is 0 Å². The summed E-state index contributed by atoms with van der Waals surface area (Å²) in [5, 5.41) is 8.86. The number of nitrogens with two attached hydrogens (primary N) is 1. The first-order valence-electron chi connectivity index (χ1n) is 20.7. The molecule has 0 aliphatic heterocycles. The molecule has 1 unspecified atom stereocenters. The fourth-order valence-electron chi connectivity index (χ4n) is 5.47. The zero-order valence-corrected chi connectivity index (χ0v) is 34.4. The topological polar surface area (TPSA) is 172 Å². The monoisotopic (exact) mass is 784 g/mol. The number of rotatable bonds is 38. The van der Waals surface area contributed by atoms with Crippen LogP contribution in [0.25, 0.3) is 0 Å². The normalized spacial score (nSPS) is 14.3. The Morgan fingerprint density at radius 1 is 0.574 bits per heavy atom. The van der Waals surface area contributed by atoms with Gasteiger partial charge in [0.2, 0.25) is 0 Å². The van der Waals surface area contributed by atoms with Gasteiger partial charge in [0.15, 0.2) is 6.10 Å². The van der Waals surface area contributed by atoms with E-state index in [1.807, 2.05) is 12.2 Å². The second-order valence-corrected chi connectivity index (χ2v) is 15.4. The Balaban J connectivity index is 4.61. The Morgan fingerprint density at radius 3 is 1.39 bits per heavy atom. The maximum Gasteiger partial charge on any atom is 0.472 e. The van der Waals surface area contributed by atoms with Gasteiger partial charge in [-0.1, -0.05) is 179 Å². The van der Waals surface area contributed by atoms with E-state index in [1.54, 1.807) is 18.2 Å². The lowest BCUT2D eigenvalue weighted by Crippen LogP contribution is -2.34. The number of carbonyl (C=O) groups is 3. The molecule has 0 saturated carbocycles. The maximum atomic E-state index is 12.5. The second-order valence-electron chi connectivity index (χ2n) is 13.9. The highest BCUT2D eigenvalue weighted by atomic mass is 31.2. The summed E-state index contributed by atoms with van der Waals surface area (Å²) in [7, 11) is -4.76. The number of unbranched alkanes of at least 4 members (excludes halogenated alkanes) is 22. The summed E-state index contributed by atoms with van der Waals surface area (Å²) in [4.78, 5) is 45.6. The lowest BCUT2D eigenvalue weighted by molar-refractivity contribution is -0.154. The van der Waals surface area contributed by atoms with Gasteiger partial charge in [-0.25, -0.2) is 14.2 Å². The molecule has 0 heterocycles. The minimum atomic E-state index is -4.76.